The standard InChI is InChI=1S/C11H14O5/c1-11(2,3)15-6-7(12)8-4-5-9(16-8)10(13)14/h4-5H,6H2,1-3H3,(H,13,14). The van der Waals surface area contributed by atoms with Crippen LogP contribution in [0, 0.1) is 0 Å². The van der Waals surface area contributed by atoms with E-state index in [2.05, 4.69) is 0 Å². The van der Waals surface area contributed by atoms with Gasteiger partial charge in [0.1, 0.15) is 6.61 Å². The van der Waals surface area contributed by atoms with Crippen molar-refractivity contribution in [1.29, 1.82) is 0 Å². The first-order valence-electron chi connectivity index (χ1n) is 4.80. The molecule has 1 rings (SSSR count). The maximum atomic E-state index is 11.5. The quantitative estimate of drug-likeness (QED) is 0.794. The van der Waals surface area contributed by atoms with Crippen LogP contribution in [0.2, 0.25) is 0 Å². The first kappa shape index (κ1) is 12.4. The summed E-state index contributed by atoms with van der Waals surface area (Å²) in [5.41, 5.74) is -0.419. The Morgan fingerprint density at radius 2 is 1.88 bits per heavy atom. The lowest BCUT2D eigenvalue weighted by Crippen LogP contribution is -2.23. The summed E-state index contributed by atoms with van der Waals surface area (Å²) in [6.45, 7) is 5.34. The van der Waals surface area contributed by atoms with Gasteiger partial charge in [0.2, 0.25) is 11.5 Å². The summed E-state index contributed by atoms with van der Waals surface area (Å²) < 4.78 is 10.1. The van der Waals surface area contributed by atoms with Crippen LogP contribution in [-0.2, 0) is 4.74 Å². The Morgan fingerprint density at radius 1 is 1.31 bits per heavy atom. The van der Waals surface area contributed by atoms with Gasteiger partial charge in [-0.25, -0.2) is 4.79 Å². The van der Waals surface area contributed by atoms with Crippen molar-refractivity contribution >= 4 is 11.8 Å². The van der Waals surface area contributed by atoms with E-state index < -0.39 is 11.6 Å². The van der Waals surface area contributed by atoms with Crippen molar-refractivity contribution in [3.63, 3.8) is 0 Å². The zero-order chi connectivity index (χ0) is 12.3. The molecular weight excluding hydrogens is 212 g/mol. The Balaban J connectivity index is 2.63. The van der Waals surface area contributed by atoms with Gasteiger partial charge in [-0.1, -0.05) is 0 Å². The van der Waals surface area contributed by atoms with Crippen LogP contribution in [0.25, 0.3) is 0 Å². The van der Waals surface area contributed by atoms with Crippen molar-refractivity contribution in [1.82, 2.24) is 0 Å². The third-order valence-electron chi connectivity index (χ3n) is 1.73. The number of aromatic carboxylic acids is 1. The molecule has 5 nitrogen and oxygen atoms in total. The molecule has 0 aliphatic heterocycles. The van der Waals surface area contributed by atoms with Crippen LogP contribution in [0.4, 0.5) is 0 Å². The monoisotopic (exact) mass is 226 g/mol. The van der Waals surface area contributed by atoms with Crippen molar-refractivity contribution in [2.24, 2.45) is 0 Å². The second-order valence-electron chi connectivity index (χ2n) is 4.29. The fraction of sp³-hybridized carbons (Fsp3) is 0.455. The number of Topliss-reactive ketones (excluding diaryl/α,β-unsaturated/α-hetero) is 1. The molecule has 0 aliphatic carbocycles. The Bertz CT molecular complexity index is 397. The second-order valence-corrected chi connectivity index (χ2v) is 4.29. The smallest absolute Gasteiger partial charge is 0.371 e. The van der Waals surface area contributed by atoms with Crippen LogP contribution in [-0.4, -0.2) is 29.1 Å². The molecule has 1 aromatic heterocycles. The van der Waals surface area contributed by atoms with Crippen LogP contribution < -0.4 is 0 Å². The lowest BCUT2D eigenvalue weighted by molar-refractivity contribution is 0.00197. The van der Waals surface area contributed by atoms with Gasteiger partial charge in [-0.2, -0.15) is 0 Å². The molecule has 0 spiro atoms. The number of hydrogen-bond donors (Lipinski definition) is 1. The topological polar surface area (TPSA) is 76.7 Å². The van der Waals surface area contributed by atoms with Crippen molar-refractivity contribution in [2.75, 3.05) is 6.61 Å². The summed E-state index contributed by atoms with van der Waals surface area (Å²) in [7, 11) is 0. The lowest BCUT2D eigenvalue weighted by atomic mass is 10.2. The lowest BCUT2D eigenvalue weighted by Gasteiger charge is -2.18. The molecule has 1 aromatic rings. The Morgan fingerprint density at radius 3 is 2.31 bits per heavy atom. The molecule has 0 aliphatic rings. The SMILES string of the molecule is CC(C)(C)OCC(=O)c1ccc(C(=O)O)o1. The maximum Gasteiger partial charge on any atom is 0.371 e. The minimum atomic E-state index is -1.20. The molecule has 0 aromatic carbocycles. The van der Waals surface area contributed by atoms with Crippen LogP contribution in [0.1, 0.15) is 41.9 Å². The number of furan rings is 1. The first-order valence-corrected chi connectivity index (χ1v) is 4.80. The maximum absolute atomic E-state index is 11.5. The second kappa shape index (κ2) is 4.49. The normalized spacial score (nSPS) is 11.4. The predicted molar refractivity (Wildman–Crippen MR) is 55.7 cm³/mol. The molecule has 5 heteroatoms. The van der Waals surface area contributed by atoms with Crippen molar-refractivity contribution in [3.8, 4) is 0 Å². The molecule has 0 fully saturated rings. The van der Waals surface area contributed by atoms with Crippen LogP contribution >= 0.6 is 0 Å². The molecule has 0 saturated heterocycles. The van der Waals surface area contributed by atoms with Gasteiger partial charge in [0.25, 0.3) is 0 Å². The number of hydrogen-bond acceptors (Lipinski definition) is 4. The van der Waals surface area contributed by atoms with Crippen molar-refractivity contribution < 1.29 is 23.8 Å². The van der Waals surface area contributed by atoms with Gasteiger partial charge >= 0.3 is 5.97 Å². The van der Waals surface area contributed by atoms with E-state index in [-0.39, 0.29) is 23.9 Å². The predicted octanol–water partition coefficient (Wildman–Crippen LogP) is 1.98. The largest absolute Gasteiger partial charge is 0.475 e. The third-order valence-corrected chi connectivity index (χ3v) is 1.73. The van der Waals surface area contributed by atoms with E-state index in [4.69, 9.17) is 14.3 Å². The summed E-state index contributed by atoms with van der Waals surface area (Å²) in [6, 6.07) is 2.57. The van der Waals surface area contributed by atoms with Crippen LogP contribution in [0.3, 0.4) is 0 Å². The zero-order valence-electron chi connectivity index (χ0n) is 9.44. The van der Waals surface area contributed by atoms with E-state index >= 15 is 0 Å². The number of carbonyl (C=O) groups is 2. The number of rotatable bonds is 4. The summed E-state index contributed by atoms with van der Waals surface area (Å²) in [6.07, 6.45) is 0. The highest BCUT2D eigenvalue weighted by Crippen LogP contribution is 2.11. The minimum absolute atomic E-state index is 0.00153. The number of ketones is 1. The van der Waals surface area contributed by atoms with Gasteiger partial charge in [-0.3, -0.25) is 4.79 Å². The number of ether oxygens (including phenoxy) is 1. The highest BCUT2D eigenvalue weighted by Gasteiger charge is 2.18. The molecule has 0 radical (unpaired) electrons. The Kier molecular flexibility index (Phi) is 3.49. The van der Waals surface area contributed by atoms with Gasteiger partial charge in [0.05, 0.1) is 5.60 Å². The zero-order valence-corrected chi connectivity index (χ0v) is 9.44. The van der Waals surface area contributed by atoms with Gasteiger partial charge < -0.3 is 14.3 Å². The number of carboxylic acids is 1. The molecule has 0 saturated carbocycles. The van der Waals surface area contributed by atoms with Gasteiger partial charge in [0, 0.05) is 0 Å². The Hall–Kier alpha value is -1.62. The highest BCUT2D eigenvalue weighted by molar-refractivity contribution is 5.96. The average molecular weight is 226 g/mol. The fourth-order valence-corrected chi connectivity index (χ4v) is 0.956. The van der Waals surface area contributed by atoms with E-state index in [0.29, 0.717) is 0 Å². The summed E-state index contributed by atoms with van der Waals surface area (Å²) in [5.74, 6) is -1.82. The molecular formula is C11H14O5. The summed E-state index contributed by atoms with van der Waals surface area (Å²) in [4.78, 5) is 22.0. The summed E-state index contributed by atoms with van der Waals surface area (Å²) in [5, 5.41) is 8.60. The summed E-state index contributed by atoms with van der Waals surface area (Å²) >= 11 is 0. The van der Waals surface area contributed by atoms with E-state index in [9.17, 15) is 9.59 Å². The third kappa shape index (κ3) is 3.51. The average Bonchev–Trinajstić information content (AvgIpc) is 2.61. The molecule has 0 bridgehead atoms. The molecule has 16 heavy (non-hydrogen) atoms. The molecule has 1 heterocycles. The molecule has 0 amide bonds. The fourth-order valence-electron chi connectivity index (χ4n) is 0.956. The van der Waals surface area contributed by atoms with Crippen molar-refractivity contribution in [3.05, 3.63) is 23.7 Å². The van der Waals surface area contributed by atoms with Crippen LogP contribution in [0.15, 0.2) is 16.5 Å². The van der Waals surface area contributed by atoms with E-state index in [1.54, 1.807) is 0 Å². The number of carbonyl (C=O) groups excluding carboxylic acids is 1. The number of carboxylic acid groups (broad SMARTS) is 1. The Labute approximate surface area is 93.0 Å². The van der Waals surface area contributed by atoms with E-state index in [0.717, 1.165) is 0 Å². The van der Waals surface area contributed by atoms with Crippen LogP contribution in [0.5, 0.6) is 0 Å². The van der Waals surface area contributed by atoms with Gasteiger partial charge in [0.15, 0.2) is 5.76 Å². The van der Waals surface area contributed by atoms with Gasteiger partial charge in [-0.15, -0.1) is 0 Å². The first-order chi connectivity index (χ1) is 7.29. The minimum Gasteiger partial charge on any atom is -0.475 e. The molecule has 88 valence electrons. The van der Waals surface area contributed by atoms with Gasteiger partial charge in [-0.05, 0) is 32.9 Å². The molecule has 0 atom stereocenters. The van der Waals surface area contributed by atoms with E-state index in [1.807, 2.05) is 20.8 Å². The van der Waals surface area contributed by atoms with E-state index in [1.165, 1.54) is 12.1 Å². The highest BCUT2D eigenvalue weighted by atomic mass is 16.5. The molecule has 1 N–H and O–H groups in total. The van der Waals surface area contributed by atoms with Crippen molar-refractivity contribution in [2.45, 2.75) is 26.4 Å². The molecule has 0 unspecified atom stereocenters.